The van der Waals surface area contributed by atoms with E-state index < -0.39 is 0 Å². The summed E-state index contributed by atoms with van der Waals surface area (Å²) in [5.74, 6) is 1.47. The Morgan fingerprint density at radius 1 is 1.30 bits per heavy atom. The Morgan fingerprint density at radius 3 is 2.80 bits per heavy atom. The number of likely N-dealkylation sites (tertiary alicyclic amines) is 1. The van der Waals surface area contributed by atoms with E-state index in [1.807, 2.05) is 6.07 Å². The van der Waals surface area contributed by atoms with Crippen molar-refractivity contribution in [2.45, 2.75) is 46.2 Å². The lowest BCUT2D eigenvalue weighted by Crippen LogP contribution is -2.25. The van der Waals surface area contributed by atoms with Crippen LogP contribution < -0.4 is 5.73 Å². The highest BCUT2D eigenvalue weighted by Crippen LogP contribution is 2.25. The maximum atomic E-state index is 13.9. The van der Waals surface area contributed by atoms with Crippen molar-refractivity contribution in [2.24, 2.45) is 17.6 Å². The average Bonchev–Trinajstić information content (AvgIpc) is 2.67. The summed E-state index contributed by atoms with van der Waals surface area (Å²) in [7, 11) is 0. The van der Waals surface area contributed by atoms with Crippen molar-refractivity contribution < 1.29 is 4.39 Å². The van der Waals surface area contributed by atoms with E-state index >= 15 is 0 Å². The number of nitrogens with two attached hydrogens (primary N) is 1. The first-order valence-electron chi connectivity index (χ1n) is 7.80. The second-order valence-corrected chi connectivity index (χ2v) is 6.34. The molecule has 2 rings (SSSR count). The lowest BCUT2D eigenvalue weighted by atomic mass is 9.89. The van der Waals surface area contributed by atoms with Crippen LogP contribution >= 0.6 is 0 Å². The standard InChI is InChI=1S/C17H27FN2/c1-13(2)15-4-3-8-20(9-7-15)12-16-10-14(11-19)5-6-17(16)18/h5-6,10,13,15H,3-4,7-9,11-12,19H2,1-2H3. The van der Waals surface area contributed by atoms with Crippen molar-refractivity contribution in [1.29, 1.82) is 0 Å². The molecule has 2 N–H and O–H groups in total. The molecule has 1 atom stereocenters. The van der Waals surface area contributed by atoms with Crippen LogP contribution in [-0.4, -0.2) is 18.0 Å². The van der Waals surface area contributed by atoms with Gasteiger partial charge in [0.05, 0.1) is 0 Å². The molecule has 1 aromatic rings. The molecule has 1 fully saturated rings. The number of halogens is 1. The van der Waals surface area contributed by atoms with Crippen LogP contribution in [-0.2, 0) is 13.1 Å². The first-order valence-corrected chi connectivity index (χ1v) is 7.80. The highest BCUT2D eigenvalue weighted by molar-refractivity contribution is 5.25. The molecule has 20 heavy (non-hydrogen) atoms. The molecule has 2 nitrogen and oxygen atoms in total. The highest BCUT2D eigenvalue weighted by atomic mass is 19.1. The van der Waals surface area contributed by atoms with Crippen LogP contribution in [0.25, 0.3) is 0 Å². The monoisotopic (exact) mass is 278 g/mol. The van der Waals surface area contributed by atoms with E-state index in [0.29, 0.717) is 13.1 Å². The van der Waals surface area contributed by atoms with Crippen molar-refractivity contribution >= 4 is 0 Å². The number of rotatable bonds is 4. The second-order valence-electron chi connectivity index (χ2n) is 6.34. The van der Waals surface area contributed by atoms with Crippen LogP contribution in [0.4, 0.5) is 4.39 Å². The zero-order valence-corrected chi connectivity index (χ0v) is 12.7. The van der Waals surface area contributed by atoms with Gasteiger partial charge in [0.2, 0.25) is 0 Å². The molecule has 0 aromatic heterocycles. The summed E-state index contributed by atoms with van der Waals surface area (Å²) in [5, 5.41) is 0. The Labute approximate surface area is 122 Å². The van der Waals surface area contributed by atoms with Gasteiger partial charge in [-0.2, -0.15) is 0 Å². The molecule has 0 saturated carbocycles. The molecular formula is C17H27FN2. The van der Waals surface area contributed by atoms with Gasteiger partial charge >= 0.3 is 0 Å². The summed E-state index contributed by atoms with van der Waals surface area (Å²) >= 11 is 0. The summed E-state index contributed by atoms with van der Waals surface area (Å²) in [6, 6.07) is 5.24. The van der Waals surface area contributed by atoms with Crippen LogP contribution in [0, 0.1) is 17.7 Å². The summed E-state index contributed by atoms with van der Waals surface area (Å²) in [5.41, 5.74) is 7.44. The molecule has 112 valence electrons. The minimum Gasteiger partial charge on any atom is -0.326 e. The Kier molecular flexibility index (Phi) is 5.55. The van der Waals surface area contributed by atoms with Crippen molar-refractivity contribution in [3.63, 3.8) is 0 Å². The van der Waals surface area contributed by atoms with Crippen LogP contribution in [0.5, 0.6) is 0 Å². The molecule has 0 spiro atoms. The number of hydrogen-bond acceptors (Lipinski definition) is 2. The van der Waals surface area contributed by atoms with Gasteiger partial charge < -0.3 is 5.73 Å². The molecule has 1 unspecified atom stereocenters. The first-order chi connectivity index (χ1) is 9.60. The molecule has 3 heteroatoms. The molecule has 1 heterocycles. The summed E-state index contributed by atoms with van der Waals surface area (Å²) in [6.45, 7) is 7.97. The van der Waals surface area contributed by atoms with E-state index in [0.717, 1.165) is 36.1 Å². The number of nitrogens with zero attached hydrogens (tertiary/aromatic N) is 1. The molecule has 1 aliphatic rings. The largest absolute Gasteiger partial charge is 0.326 e. The van der Waals surface area contributed by atoms with Gasteiger partial charge in [0.15, 0.2) is 0 Å². The topological polar surface area (TPSA) is 29.3 Å². The Hall–Kier alpha value is -0.930. The summed E-state index contributed by atoms with van der Waals surface area (Å²) in [4.78, 5) is 2.39. The lowest BCUT2D eigenvalue weighted by molar-refractivity contribution is 0.261. The molecule has 0 radical (unpaired) electrons. The number of hydrogen-bond donors (Lipinski definition) is 1. The lowest BCUT2D eigenvalue weighted by Gasteiger charge is -2.21. The normalized spacial score (nSPS) is 21.1. The zero-order chi connectivity index (χ0) is 14.5. The third-order valence-electron chi connectivity index (χ3n) is 4.55. The van der Waals surface area contributed by atoms with Crippen LogP contribution in [0.1, 0.15) is 44.2 Å². The zero-order valence-electron chi connectivity index (χ0n) is 12.7. The fourth-order valence-electron chi connectivity index (χ4n) is 3.12. The van der Waals surface area contributed by atoms with Crippen LogP contribution in [0.3, 0.4) is 0 Å². The minimum atomic E-state index is -0.105. The van der Waals surface area contributed by atoms with Gasteiger partial charge in [-0.3, -0.25) is 4.90 Å². The van der Waals surface area contributed by atoms with Gasteiger partial charge in [-0.15, -0.1) is 0 Å². The molecule has 1 saturated heterocycles. The SMILES string of the molecule is CC(C)C1CCCN(Cc2cc(CN)ccc2F)CC1. The van der Waals surface area contributed by atoms with E-state index in [4.69, 9.17) is 5.73 Å². The molecule has 1 aromatic carbocycles. The van der Waals surface area contributed by atoms with Gasteiger partial charge in [0.25, 0.3) is 0 Å². The van der Waals surface area contributed by atoms with Gasteiger partial charge in [0.1, 0.15) is 5.82 Å². The third kappa shape index (κ3) is 4.03. The maximum absolute atomic E-state index is 13.9. The van der Waals surface area contributed by atoms with Crippen LogP contribution in [0.15, 0.2) is 18.2 Å². The fraction of sp³-hybridized carbons (Fsp3) is 0.647. The molecular weight excluding hydrogens is 251 g/mol. The first kappa shape index (κ1) is 15.5. The van der Waals surface area contributed by atoms with Crippen molar-refractivity contribution in [3.05, 3.63) is 35.1 Å². The quantitative estimate of drug-likeness (QED) is 0.912. The van der Waals surface area contributed by atoms with Crippen molar-refractivity contribution in [3.8, 4) is 0 Å². The molecule has 0 aliphatic carbocycles. The van der Waals surface area contributed by atoms with E-state index in [9.17, 15) is 4.39 Å². The molecule has 0 amide bonds. The predicted octanol–water partition coefficient (Wildman–Crippen LogP) is 3.54. The fourth-order valence-corrected chi connectivity index (χ4v) is 3.12. The van der Waals surface area contributed by atoms with E-state index in [1.165, 1.54) is 19.3 Å². The third-order valence-corrected chi connectivity index (χ3v) is 4.55. The van der Waals surface area contributed by atoms with E-state index in [2.05, 4.69) is 18.7 Å². The Morgan fingerprint density at radius 2 is 2.10 bits per heavy atom. The molecule has 0 bridgehead atoms. The van der Waals surface area contributed by atoms with E-state index in [1.54, 1.807) is 12.1 Å². The van der Waals surface area contributed by atoms with Gasteiger partial charge in [-0.25, -0.2) is 4.39 Å². The second kappa shape index (κ2) is 7.19. The smallest absolute Gasteiger partial charge is 0.127 e. The average molecular weight is 278 g/mol. The Balaban J connectivity index is 1.99. The minimum absolute atomic E-state index is 0.105. The van der Waals surface area contributed by atoms with Crippen molar-refractivity contribution in [2.75, 3.05) is 13.1 Å². The summed E-state index contributed by atoms with van der Waals surface area (Å²) in [6.07, 6.45) is 3.76. The van der Waals surface area contributed by atoms with Gasteiger partial charge in [-0.1, -0.05) is 26.0 Å². The summed E-state index contributed by atoms with van der Waals surface area (Å²) < 4.78 is 13.9. The molecule has 1 aliphatic heterocycles. The van der Waals surface area contributed by atoms with E-state index in [-0.39, 0.29) is 5.82 Å². The van der Waals surface area contributed by atoms with Gasteiger partial charge in [0, 0.05) is 18.7 Å². The van der Waals surface area contributed by atoms with Gasteiger partial charge in [-0.05, 0) is 55.8 Å². The van der Waals surface area contributed by atoms with Crippen molar-refractivity contribution in [1.82, 2.24) is 4.90 Å². The van der Waals surface area contributed by atoms with Crippen LogP contribution in [0.2, 0.25) is 0 Å². The maximum Gasteiger partial charge on any atom is 0.127 e. The predicted molar refractivity (Wildman–Crippen MR) is 81.7 cm³/mol. The highest BCUT2D eigenvalue weighted by Gasteiger charge is 2.20. The number of benzene rings is 1. The Bertz CT molecular complexity index is 431.